The zero-order valence-electron chi connectivity index (χ0n) is 23.0. The van der Waals surface area contributed by atoms with Crippen molar-refractivity contribution in [3.63, 3.8) is 0 Å². The molecule has 0 radical (unpaired) electrons. The average molecular weight is 557 g/mol. The molecule has 0 spiro atoms. The van der Waals surface area contributed by atoms with E-state index in [4.69, 9.17) is 0 Å². The van der Waals surface area contributed by atoms with Crippen molar-refractivity contribution in [2.24, 2.45) is 0 Å². The van der Waals surface area contributed by atoms with E-state index in [1.165, 1.54) is 57.8 Å². The molecule has 2 aliphatic heterocycles. The van der Waals surface area contributed by atoms with E-state index in [9.17, 15) is 0 Å². The van der Waals surface area contributed by atoms with Crippen molar-refractivity contribution in [1.29, 1.82) is 0 Å². The van der Waals surface area contributed by atoms with Crippen molar-refractivity contribution in [2.45, 2.75) is 114 Å². The molecule has 2 aromatic carbocycles. The maximum absolute atomic E-state index is 3.93. The Morgan fingerprint density at radius 1 is 0.857 bits per heavy atom. The Bertz CT molecular complexity index is 770. The van der Waals surface area contributed by atoms with Crippen LogP contribution >= 0.6 is 17.2 Å². The standard InChI is InChI=1S/C25H45N2P2.C5H5.Fe/c1-23(2,3)29(24(4,5)6)18-19-12-11-13-20(19)25(28,21-14-7-9-16-26-21)22-15-8-10-17-27-22;1-2-4-5-3-1;/h11-13,21-22,26-27H,7-10,14-18,28H2,1-6H3;1-5H;/q2*-1;+2. The van der Waals surface area contributed by atoms with Gasteiger partial charge in [-0.15, -0.1) is 17.2 Å². The second kappa shape index (κ2) is 13.7. The number of piperidine rings is 2. The van der Waals surface area contributed by atoms with Crippen molar-refractivity contribution >= 4 is 17.2 Å². The van der Waals surface area contributed by atoms with Gasteiger partial charge < -0.3 is 10.6 Å². The summed E-state index contributed by atoms with van der Waals surface area (Å²) in [6.07, 6.45) is 9.17. The summed E-state index contributed by atoms with van der Waals surface area (Å²) in [5.41, 5.74) is 3.21. The molecule has 0 aliphatic carbocycles. The summed E-state index contributed by atoms with van der Waals surface area (Å²) in [6.45, 7) is 17.0. The van der Waals surface area contributed by atoms with Crippen molar-refractivity contribution in [3.05, 3.63) is 59.7 Å². The minimum atomic E-state index is -0.142. The summed E-state index contributed by atoms with van der Waals surface area (Å²) < 4.78 is 0. The van der Waals surface area contributed by atoms with E-state index in [-0.39, 0.29) is 30.1 Å². The topological polar surface area (TPSA) is 24.1 Å². The van der Waals surface area contributed by atoms with Gasteiger partial charge in [0.05, 0.1) is 0 Å². The van der Waals surface area contributed by atoms with Crippen LogP contribution in [0.1, 0.15) is 91.2 Å². The van der Waals surface area contributed by atoms with Crippen LogP contribution in [0, 0.1) is 0 Å². The van der Waals surface area contributed by atoms with Crippen LogP contribution in [0.5, 0.6) is 0 Å². The maximum atomic E-state index is 3.93. The minimum absolute atomic E-state index is 0. The van der Waals surface area contributed by atoms with Crippen LogP contribution < -0.4 is 10.6 Å². The van der Waals surface area contributed by atoms with Crippen LogP contribution in [0.25, 0.3) is 0 Å². The van der Waals surface area contributed by atoms with Crippen LogP contribution in [-0.2, 0) is 28.4 Å². The molecule has 0 aromatic heterocycles. The number of nitrogens with one attached hydrogen (secondary N) is 2. The first-order valence-electron chi connectivity index (χ1n) is 13.5. The third kappa shape index (κ3) is 8.24. The second-order valence-corrected chi connectivity index (χ2v) is 17.1. The molecule has 0 amide bonds. The van der Waals surface area contributed by atoms with E-state index >= 15 is 0 Å². The third-order valence-corrected chi connectivity index (χ3v) is 12.7. The molecule has 5 heteroatoms. The van der Waals surface area contributed by atoms with E-state index in [2.05, 4.69) is 79.6 Å². The van der Waals surface area contributed by atoms with Crippen LogP contribution in [0.3, 0.4) is 0 Å². The summed E-state index contributed by atoms with van der Waals surface area (Å²) in [6, 6.07) is 18.3. The zero-order valence-corrected chi connectivity index (χ0v) is 26.2. The van der Waals surface area contributed by atoms with Gasteiger partial charge in [-0.3, -0.25) is 0 Å². The molecular formula is C30H50FeN2P2. The molecule has 3 atom stereocenters. The normalized spacial score (nSPS) is 23.1. The molecule has 2 saturated heterocycles. The van der Waals surface area contributed by atoms with Gasteiger partial charge in [-0.2, -0.15) is 41.5 Å². The molecule has 2 nitrogen and oxygen atoms in total. The van der Waals surface area contributed by atoms with Gasteiger partial charge in [0.2, 0.25) is 0 Å². The van der Waals surface area contributed by atoms with Gasteiger partial charge in [0, 0.05) is 17.2 Å². The first kappa shape index (κ1) is 31.2. The minimum Gasteiger partial charge on any atom is -0.313 e. The van der Waals surface area contributed by atoms with E-state index < -0.39 is 0 Å². The van der Waals surface area contributed by atoms with E-state index in [1.807, 2.05) is 30.3 Å². The Morgan fingerprint density at radius 3 is 1.74 bits per heavy atom. The Kier molecular flexibility index (Phi) is 12.2. The molecule has 35 heavy (non-hydrogen) atoms. The van der Waals surface area contributed by atoms with Gasteiger partial charge >= 0.3 is 17.1 Å². The van der Waals surface area contributed by atoms with Crippen LogP contribution in [0.15, 0.2) is 48.5 Å². The molecular weight excluding hydrogens is 506 g/mol. The van der Waals surface area contributed by atoms with Gasteiger partial charge in [0.15, 0.2) is 0 Å². The third-order valence-electron chi connectivity index (χ3n) is 7.65. The molecule has 2 heterocycles. The second-order valence-electron chi connectivity index (χ2n) is 12.3. The van der Waals surface area contributed by atoms with Crippen LogP contribution in [0.2, 0.25) is 0 Å². The Hall–Kier alpha value is -0.000519. The van der Waals surface area contributed by atoms with Crippen molar-refractivity contribution in [1.82, 2.24) is 10.6 Å². The molecule has 3 unspecified atom stereocenters. The average Bonchev–Trinajstić information content (AvgIpc) is 3.52. The van der Waals surface area contributed by atoms with Gasteiger partial charge in [-0.05, 0) is 49.1 Å². The molecule has 4 rings (SSSR count). The van der Waals surface area contributed by atoms with Crippen molar-refractivity contribution in [2.75, 3.05) is 13.1 Å². The largest absolute Gasteiger partial charge is 2.00 e. The number of hydrogen-bond donors (Lipinski definition) is 2. The van der Waals surface area contributed by atoms with E-state index in [0.717, 1.165) is 0 Å². The maximum Gasteiger partial charge on any atom is 2.00 e. The SMILES string of the molecule is CC(C)(C)P(Cc1cc[cH-]c1C(P)(C1CCCCN1)C1CCCCN1)C(C)(C)C.[Fe+2].c1cc[cH-]c1. The Morgan fingerprint density at radius 2 is 1.37 bits per heavy atom. The molecule has 198 valence electrons. The summed E-state index contributed by atoms with van der Waals surface area (Å²) in [5, 5.41) is 8.67. The molecule has 0 bridgehead atoms. The van der Waals surface area contributed by atoms with Crippen LogP contribution in [-0.4, -0.2) is 35.5 Å². The van der Waals surface area contributed by atoms with Gasteiger partial charge in [0.1, 0.15) is 0 Å². The predicted octanol–water partition coefficient (Wildman–Crippen LogP) is 7.74. The summed E-state index contributed by atoms with van der Waals surface area (Å²) in [5.74, 6) is 0. The Labute approximate surface area is 230 Å². The predicted molar refractivity (Wildman–Crippen MR) is 157 cm³/mol. The first-order valence-corrected chi connectivity index (χ1v) is 15.6. The fraction of sp³-hybridized carbons (Fsp3) is 0.667. The van der Waals surface area contributed by atoms with Crippen LogP contribution in [0.4, 0.5) is 0 Å². The smallest absolute Gasteiger partial charge is 0.313 e. The molecule has 2 aliphatic rings. The summed E-state index contributed by atoms with van der Waals surface area (Å²) >= 11 is 0. The summed E-state index contributed by atoms with van der Waals surface area (Å²) in [4.78, 5) is 0. The van der Waals surface area contributed by atoms with E-state index in [0.29, 0.717) is 22.4 Å². The van der Waals surface area contributed by atoms with Crippen molar-refractivity contribution < 1.29 is 17.1 Å². The molecule has 0 saturated carbocycles. The van der Waals surface area contributed by atoms with Gasteiger partial charge in [0.25, 0.3) is 0 Å². The quantitative estimate of drug-likeness (QED) is 0.224. The van der Waals surface area contributed by atoms with E-state index in [1.54, 1.807) is 11.1 Å². The molecule has 2 fully saturated rings. The first-order chi connectivity index (χ1) is 16.0. The fourth-order valence-electron chi connectivity index (χ4n) is 6.13. The molecule has 2 aromatic rings. The van der Waals surface area contributed by atoms with Crippen molar-refractivity contribution in [3.8, 4) is 0 Å². The Balaban J connectivity index is 0.000000640. The molecule has 2 N–H and O–H groups in total. The van der Waals surface area contributed by atoms with Gasteiger partial charge in [-0.25, -0.2) is 18.2 Å². The number of rotatable bonds is 5. The van der Waals surface area contributed by atoms with Gasteiger partial charge in [-0.1, -0.05) is 60.5 Å². The monoisotopic (exact) mass is 556 g/mol. The number of hydrogen-bond acceptors (Lipinski definition) is 2. The fourth-order valence-corrected chi connectivity index (χ4v) is 10.6. The zero-order chi connectivity index (χ0) is 24.8. The summed E-state index contributed by atoms with van der Waals surface area (Å²) in [7, 11) is 3.25.